The largest absolute Gasteiger partial charge is 0.472 e. The zero-order valence-corrected chi connectivity index (χ0v) is 53.7. The van der Waals surface area contributed by atoms with E-state index in [1.807, 2.05) is 0 Å². The first-order chi connectivity index (χ1) is 39.0. The van der Waals surface area contributed by atoms with Crippen LogP contribution in [0.4, 0.5) is 0 Å². The van der Waals surface area contributed by atoms with E-state index < -0.39 is 97.5 Å². The molecular formula is C62H120O17P2. The van der Waals surface area contributed by atoms with Gasteiger partial charge in [0.15, 0.2) is 12.2 Å². The zero-order valence-electron chi connectivity index (χ0n) is 51.9. The maximum absolute atomic E-state index is 13.0. The van der Waals surface area contributed by atoms with Crippen molar-refractivity contribution in [1.82, 2.24) is 0 Å². The van der Waals surface area contributed by atoms with E-state index in [-0.39, 0.29) is 25.7 Å². The molecule has 5 atom stereocenters. The normalized spacial score (nSPS) is 14.3. The molecule has 0 aromatic carbocycles. The molecule has 0 fully saturated rings. The Morgan fingerprint density at radius 1 is 0.333 bits per heavy atom. The first-order valence-corrected chi connectivity index (χ1v) is 35.6. The molecule has 0 aromatic heterocycles. The van der Waals surface area contributed by atoms with E-state index in [4.69, 9.17) is 37.0 Å². The van der Waals surface area contributed by atoms with Crippen LogP contribution in [0.2, 0.25) is 0 Å². The molecule has 2 unspecified atom stereocenters. The fraction of sp³-hybridized carbons (Fsp3) is 0.935. The number of ether oxygens (including phenoxy) is 4. The average molecular weight is 1200 g/mol. The molecule has 480 valence electrons. The molecule has 81 heavy (non-hydrogen) atoms. The van der Waals surface area contributed by atoms with Gasteiger partial charge in [-0.1, -0.05) is 259 Å². The second-order valence-electron chi connectivity index (χ2n) is 22.9. The Balaban J connectivity index is 5.19. The van der Waals surface area contributed by atoms with Crippen LogP contribution in [0.5, 0.6) is 0 Å². The van der Waals surface area contributed by atoms with Gasteiger partial charge < -0.3 is 33.8 Å². The first-order valence-electron chi connectivity index (χ1n) is 32.6. The van der Waals surface area contributed by atoms with E-state index in [1.54, 1.807) is 0 Å². The topological polar surface area (TPSA) is 237 Å². The van der Waals surface area contributed by atoms with E-state index in [9.17, 15) is 43.2 Å². The molecule has 0 amide bonds. The van der Waals surface area contributed by atoms with Gasteiger partial charge in [0.05, 0.1) is 26.4 Å². The van der Waals surface area contributed by atoms with Crippen LogP contribution in [0.3, 0.4) is 0 Å². The molecule has 0 radical (unpaired) electrons. The lowest BCUT2D eigenvalue weighted by atomic mass is 10.0. The molecule has 3 N–H and O–H groups in total. The van der Waals surface area contributed by atoms with Gasteiger partial charge in [-0.05, 0) is 31.6 Å². The Labute approximate surface area is 492 Å². The highest BCUT2D eigenvalue weighted by molar-refractivity contribution is 7.47. The first kappa shape index (κ1) is 79.1. The molecule has 0 aromatic rings. The summed E-state index contributed by atoms with van der Waals surface area (Å²) in [5.41, 5.74) is 0. The maximum Gasteiger partial charge on any atom is 0.472 e. The van der Waals surface area contributed by atoms with Gasteiger partial charge in [0.2, 0.25) is 0 Å². The second kappa shape index (κ2) is 55.9. The summed E-state index contributed by atoms with van der Waals surface area (Å²) in [6.07, 6.45) is 39.0. The zero-order chi connectivity index (χ0) is 59.9. The number of carbonyl (C=O) groups excluding carboxylic acids is 4. The molecule has 0 spiro atoms. The number of aliphatic hydroxyl groups excluding tert-OH is 1. The Morgan fingerprint density at radius 2 is 0.568 bits per heavy atom. The van der Waals surface area contributed by atoms with Crippen LogP contribution in [-0.2, 0) is 65.4 Å². The molecule has 0 saturated carbocycles. The van der Waals surface area contributed by atoms with E-state index in [2.05, 4.69) is 34.6 Å². The summed E-state index contributed by atoms with van der Waals surface area (Å²) in [5.74, 6) is -1.36. The van der Waals surface area contributed by atoms with Crippen LogP contribution in [-0.4, -0.2) is 96.7 Å². The van der Waals surface area contributed by atoms with E-state index in [0.29, 0.717) is 25.7 Å². The lowest BCUT2D eigenvalue weighted by Gasteiger charge is -2.21. The van der Waals surface area contributed by atoms with Gasteiger partial charge >= 0.3 is 39.5 Å². The smallest absolute Gasteiger partial charge is 0.462 e. The molecule has 19 heteroatoms. The predicted octanol–water partition coefficient (Wildman–Crippen LogP) is 17.0. The van der Waals surface area contributed by atoms with Gasteiger partial charge in [-0.2, -0.15) is 0 Å². The molecule has 0 heterocycles. The monoisotopic (exact) mass is 1200 g/mol. The summed E-state index contributed by atoms with van der Waals surface area (Å²) < 4.78 is 67.8. The highest BCUT2D eigenvalue weighted by atomic mass is 31.2. The third-order valence-electron chi connectivity index (χ3n) is 14.3. The van der Waals surface area contributed by atoms with E-state index >= 15 is 0 Å². The molecule has 0 aliphatic heterocycles. The Bertz CT molecular complexity index is 1580. The van der Waals surface area contributed by atoms with Gasteiger partial charge in [-0.3, -0.25) is 37.3 Å². The maximum atomic E-state index is 13.0. The molecule has 0 rings (SSSR count). The lowest BCUT2D eigenvalue weighted by Crippen LogP contribution is -2.30. The quantitative estimate of drug-likeness (QED) is 0.0222. The van der Waals surface area contributed by atoms with Crippen molar-refractivity contribution in [3.8, 4) is 0 Å². The van der Waals surface area contributed by atoms with Crippen molar-refractivity contribution in [2.24, 2.45) is 5.92 Å². The highest BCUT2D eigenvalue weighted by Gasteiger charge is 2.30. The predicted molar refractivity (Wildman–Crippen MR) is 322 cm³/mol. The molecule has 17 nitrogen and oxygen atoms in total. The number of phosphoric ester groups is 2. The standard InChI is InChI=1S/C62H120O17P2/c1-6-9-12-15-18-20-27-31-36-41-46-60(65)73-52-58(79-62(67)48-43-38-33-28-24-22-21-23-26-30-34-39-44-55(4)5)54-77-81(70,71)75-50-56(63)49-74-80(68,69)76-53-57(51-72-59(64)45-40-35-29-17-14-11-8-3)78-61(66)47-42-37-32-25-19-16-13-10-7-2/h55-58,63H,6-54H2,1-5H3,(H,68,69)(H,70,71)/t56-,57+,58+/m0/s1. The minimum absolute atomic E-state index is 0.105. The van der Waals surface area contributed by atoms with Crippen molar-refractivity contribution in [3.05, 3.63) is 0 Å². The number of aliphatic hydroxyl groups is 1. The highest BCUT2D eigenvalue weighted by Crippen LogP contribution is 2.45. The van der Waals surface area contributed by atoms with Crippen LogP contribution in [0, 0.1) is 5.92 Å². The van der Waals surface area contributed by atoms with Gasteiger partial charge in [-0.25, -0.2) is 9.13 Å². The third kappa shape index (κ3) is 56.9. The molecule has 0 aliphatic carbocycles. The van der Waals surface area contributed by atoms with Gasteiger partial charge in [0.25, 0.3) is 0 Å². The van der Waals surface area contributed by atoms with Gasteiger partial charge in [0, 0.05) is 25.7 Å². The summed E-state index contributed by atoms with van der Waals surface area (Å²) in [5, 5.41) is 10.5. The number of rotatable bonds is 62. The summed E-state index contributed by atoms with van der Waals surface area (Å²) in [4.78, 5) is 71.9. The van der Waals surface area contributed by atoms with Crippen molar-refractivity contribution >= 4 is 39.5 Å². The van der Waals surface area contributed by atoms with Crippen molar-refractivity contribution in [3.63, 3.8) is 0 Å². The number of hydrogen-bond acceptors (Lipinski definition) is 15. The van der Waals surface area contributed by atoms with E-state index in [0.717, 1.165) is 109 Å². The van der Waals surface area contributed by atoms with Crippen LogP contribution >= 0.6 is 15.6 Å². The molecule has 0 bridgehead atoms. The van der Waals surface area contributed by atoms with Crippen molar-refractivity contribution in [1.29, 1.82) is 0 Å². The number of unbranched alkanes of at least 4 members (excludes halogenated alkanes) is 34. The molecule has 0 saturated heterocycles. The van der Waals surface area contributed by atoms with Crippen LogP contribution in [0.1, 0.15) is 311 Å². The van der Waals surface area contributed by atoms with Gasteiger partial charge in [-0.15, -0.1) is 0 Å². The number of phosphoric acid groups is 2. The van der Waals surface area contributed by atoms with Crippen molar-refractivity contribution in [2.75, 3.05) is 39.6 Å². The fourth-order valence-corrected chi connectivity index (χ4v) is 10.8. The van der Waals surface area contributed by atoms with Crippen LogP contribution in [0.25, 0.3) is 0 Å². The summed E-state index contributed by atoms with van der Waals surface area (Å²) >= 11 is 0. The molecular weight excluding hydrogens is 1080 g/mol. The van der Waals surface area contributed by atoms with Crippen LogP contribution in [0.15, 0.2) is 0 Å². The van der Waals surface area contributed by atoms with Crippen LogP contribution < -0.4 is 0 Å². The second-order valence-corrected chi connectivity index (χ2v) is 25.8. The minimum Gasteiger partial charge on any atom is -0.462 e. The molecule has 0 aliphatic rings. The average Bonchev–Trinajstić information content (AvgIpc) is 3.43. The van der Waals surface area contributed by atoms with E-state index in [1.165, 1.54) is 122 Å². The Hall–Kier alpha value is -1.94. The van der Waals surface area contributed by atoms with Crippen molar-refractivity contribution < 1.29 is 80.2 Å². The minimum atomic E-state index is -4.94. The fourth-order valence-electron chi connectivity index (χ4n) is 9.23. The third-order valence-corrected chi connectivity index (χ3v) is 16.2. The SMILES string of the molecule is CCCCCCCCCCCCC(=O)OC[C@H](COP(=O)(O)OC[C@@H](O)COP(=O)(O)OC[C@@H](COC(=O)CCCCCCCCC)OC(=O)CCCCCCCCCCC)OC(=O)CCCCCCCCCCCCCCC(C)C. The Kier molecular flexibility index (Phi) is 54.6. The lowest BCUT2D eigenvalue weighted by molar-refractivity contribution is -0.161. The van der Waals surface area contributed by atoms with Crippen molar-refractivity contribution in [2.45, 2.75) is 329 Å². The Morgan fingerprint density at radius 3 is 0.840 bits per heavy atom. The number of hydrogen-bond donors (Lipinski definition) is 3. The number of esters is 4. The number of carbonyl (C=O) groups is 4. The summed E-state index contributed by atoms with van der Waals surface area (Å²) in [6.45, 7) is 7.13. The summed E-state index contributed by atoms with van der Waals surface area (Å²) in [7, 11) is -9.87. The van der Waals surface area contributed by atoms with Gasteiger partial charge in [0.1, 0.15) is 19.3 Å². The summed E-state index contributed by atoms with van der Waals surface area (Å²) in [6, 6.07) is 0.